The number of nitrogens with zero attached hydrogens (tertiary/aromatic N) is 5. The standard InChI is InChI=1S/C20H22N6O.CHF3/c1-2-27-17-8-18(20-15(9-21)11-24-26(20)13-17)14-5-6-19(23-10-14)25-7-3-4-16(22)12-25;2-1(3)4/h5-6,8,10-11,13,16H,2-4,7,12,22H2,1H3;1H. The molecule has 0 aromatic carbocycles. The molecule has 4 rings (SSSR count). The lowest BCUT2D eigenvalue weighted by Gasteiger charge is -2.31. The van der Waals surface area contributed by atoms with E-state index in [9.17, 15) is 18.4 Å². The van der Waals surface area contributed by atoms with Gasteiger partial charge >= 0.3 is 6.68 Å². The summed E-state index contributed by atoms with van der Waals surface area (Å²) in [5, 5.41) is 13.7. The van der Waals surface area contributed by atoms with Crippen LogP contribution in [0.2, 0.25) is 0 Å². The third-order valence-corrected chi connectivity index (χ3v) is 4.86. The second-order valence-electron chi connectivity index (χ2n) is 6.99. The molecule has 164 valence electrons. The first-order valence-electron chi connectivity index (χ1n) is 9.86. The summed E-state index contributed by atoms with van der Waals surface area (Å²) in [5.41, 5.74) is 9.17. The first-order valence-corrected chi connectivity index (χ1v) is 9.86. The highest BCUT2D eigenvalue weighted by molar-refractivity contribution is 5.85. The molecule has 1 atom stereocenters. The molecule has 3 aromatic heterocycles. The van der Waals surface area contributed by atoms with E-state index in [4.69, 9.17) is 10.5 Å². The summed E-state index contributed by atoms with van der Waals surface area (Å²) < 4.78 is 36.4. The molecule has 31 heavy (non-hydrogen) atoms. The van der Waals surface area contributed by atoms with Crippen LogP contribution in [0.3, 0.4) is 0 Å². The van der Waals surface area contributed by atoms with Crippen molar-refractivity contribution in [2.45, 2.75) is 32.5 Å². The second kappa shape index (κ2) is 10.1. The molecule has 1 aliphatic heterocycles. The average Bonchev–Trinajstić information content (AvgIpc) is 3.16. The van der Waals surface area contributed by atoms with Crippen LogP contribution in [0.1, 0.15) is 25.3 Å². The Bertz CT molecular complexity index is 1040. The minimum absolute atomic E-state index is 0.202. The highest BCUT2D eigenvalue weighted by Gasteiger charge is 2.18. The van der Waals surface area contributed by atoms with Gasteiger partial charge in [0.05, 0.1) is 30.1 Å². The van der Waals surface area contributed by atoms with Crippen LogP contribution in [0, 0.1) is 11.3 Å². The summed E-state index contributed by atoms with van der Waals surface area (Å²) in [6, 6.07) is 8.40. The molecule has 1 saturated heterocycles. The van der Waals surface area contributed by atoms with Crippen LogP contribution >= 0.6 is 0 Å². The van der Waals surface area contributed by atoms with Crippen molar-refractivity contribution in [3.63, 3.8) is 0 Å². The minimum Gasteiger partial charge on any atom is -0.492 e. The Kier molecular flexibility index (Phi) is 7.31. The first-order chi connectivity index (χ1) is 14.9. The molecule has 7 nitrogen and oxygen atoms in total. The summed E-state index contributed by atoms with van der Waals surface area (Å²) in [4.78, 5) is 6.88. The highest BCUT2D eigenvalue weighted by atomic mass is 19.4. The van der Waals surface area contributed by atoms with E-state index >= 15 is 0 Å². The van der Waals surface area contributed by atoms with Gasteiger partial charge in [0, 0.05) is 36.5 Å². The summed E-state index contributed by atoms with van der Waals surface area (Å²) in [5.74, 6) is 1.64. The van der Waals surface area contributed by atoms with Crippen LogP contribution in [0.4, 0.5) is 19.0 Å². The molecule has 4 heterocycles. The number of hydrogen-bond acceptors (Lipinski definition) is 6. The van der Waals surface area contributed by atoms with E-state index in [0.29, 0.717) is 17.9 Å². The Morgan fingerprint density at radius 3 is 2.71 bits per heavy atom. The Morgan fingerprint density at radius 1 is 1.32 bits per heavy atom. The van der Waals surface area contributed by atoms with Crippen LogP contribution in [0.25, 0.3) is 16.6 Å². The molecule has 1 aliphatic rings. The van der Waals surface area contributed by atoms with Gasteiger partial charge in [-0.2, -0.15) is 23.5 Å². The second-order valence-corrected chi connectivity index (χ2v) is 6.99. The highest BCUT2D eigenvalue weighted by Crippen LogP contribution is 2.31. The Morgan fingerprint density at radius 2 is 2.10 bits per heavy atom. The Balaban J connectivity index is 0.000000628. The number of halogens is 3. The summed E-state index contributed by atoms with van der Waals surface area (Å²) in [7, 11) is 0. The topological polar surface area (TPSA) is 92.5 Å². The zero-order valence-electron chi connectivity index (χ0n) is 17.0. The van der Waals surface area contributed by atoms with Crippen LogP contribution in [-0.2, 0) is 0 Å². The maximum absolute atomic E-state index is 9.67. The fourth-order valence-corrected chi connectivity index (χ4v) is 3.59. The number of hydrogen-bond donors (Lipinski definition) is 1. The van der Waals surface area contributed by atoms with Gasteiger partial charge in [-0.1, -0.05) is 0 Å². The van der Waals surface area contributed by atoms with E-state index in [2.05, 4.69) is 21.1 Å². The van der Waals surface area contributed by atoms with Crippen LogP contribution in [0.15, 0.2) is 36.8 Å². The zero-order chi connectivity index (χ0) is 22.4. The molecule has 0 radical (unpaired) electrons. The van der Waals surface area contributed by atoms with Crippen LogP contribution in [-0.4, -0.2) is 47.0 Å². The molecular weight excluding hydrogens is 409 g/mol. The van der Waals surface area contributed by atoms with E-state index in [1.165, 1.54) is 0 Å². The van der Waals surface area contributed by atoms with Crippen LogP contribution < -0.4 is 15.4 Å². The van der Waals surface area contributed by atoms with Crippen molar-refractivity contribution in [1.29, 1.82) is 5.26 Å². The molecule has 0 saturated carbocycles. The lowest BCUT2D eigenvalue weighted by atomic mass is 10.0. The molecule has 0 amide bonds. The van der Waals surface area contributed by atoms with E-state index in [1.54, 1.807) is 16.9 Å². The van der Waals surface area contributed by atoms with E-state index in [-0.39, 0.29) is 6.04 Å². The monoisotopic (exact) mass is 432 g/mol. The first kappa shape index (κ1) is 22.4. The van der Waals surface area contributed by atoms with Gasteiger partial charge < -0.3 is 15.4 Å². The Hall–Kier alpha value is -3.32. The molecule has 0 bridgehead atoms. The largest absolute Gasteiger partial charge is 0.492 e. The molecule has 0 aliphatic carbocycles. The molecule has 3 aromatic rings. The molecule has 2 N–H and O–H groups in total. The van der Waals surface area contributed by atoms with Gasteiger partial charge in [-0.15, -0.1) is 0 Å². The third-order valence-electron chi connectivity index (χ3n) is 4.86. The summed E-state index contributed by atoms with van der Waals surface area (Å²) in [6.07, 6.45) is 7.36. The van der Waals surface area contributed by atoms with Gasteiger partial charge in [0.15, 0.2) is 0 Å². The summed E-state index contributed by atoms with van der Waals surface area (Å²) >= 11 is 0. The number of pyridine rings is 2. The number of alkyl halides is 3. The Labute approximate surface area is 177 Å². The fraction of sp³-hybridized carbons (Fsp3) is 0.381. The number of rotatable bonds is 4. The molecule has 10 heteroatoms. The van der Waals surface area contributed by atoms with Crippen molar-refractivity contribution in [2.75, 3.05) is 24.6 Å². The SMILES string of the molecule is CCOc1cc(-c2ccc(N3CCCC(N)C3)nc2)c2c(C#N)cnn2c1.FC(F)F. The number of nitrogens with two attached hydrogens (primary N) is 1. The van der Waals surface area contributed by atoms with Gasteiger partial charge in [0.1, 0.15) is 17.6 Å². The third kappa shape index (κ3) is 5.44. The van der Waals surface area contributed by atoms with E-state index in [0.717, 1.165) is 48.4 Å². The lowest BCUT2D eigenvalue weighted by Crippen LogP contribution is -2.43. The quantitative estimate of drug-likeness (QED) is 0.675. The lowest BCUT2D eigenvalue weighted by molar-refractivity contribution is 0.00819. The van der Waals surface area contributed by atoms with Crippen molar-refractivity contribution in [2.24, 2.45) is 5.73 Å². The maximum atomic E-state index is 9.67. The predicted molar refractivity (Wildman–Crippen MR) is 111 cm³/mol. The number of piperidine rings is 1. The number of ether oxygens (including phenoxy) is 1. The zero-order valence-corrected chi connectivity index (χ0v) is 17.0. The van der Waals surface area contributed by atoms with Crippen molar-refractivity contribution < 1.29 is 17.9 Å². The fourth-order valence-electron chi connectivity index (χ4n) is 3.59. The predicted octanol–water partition coefficient (Wildman–Crippen LogP) is 3.77. The van der Waals surface area contributed by atoms with Crippen molar-refractivity contribution in [1.82, 2.24) is 14.6 Å². The van der Waals surface area contributed by atoms with E-state index in [1.807, 2.05) is 31.3 Å². The van der Waals surface area contributed by atoms with Crippen molar-refractivity contribution in [3.05, 3.63) is 42.4 Å². The molecule has 0 spiro atoms. The summed E-state index contributed by atoms with van der Waals surface area (Å²) in [6.45, 7) is 0.639. The molecular formula is C21H23F3N6O. The van der Waals surface area contributed by atoms with Gasteiger partial charge in [0.2, 0.25) is 0 Å². The molecule has 1 unspecified atom stereocenters. The minimum atomic E-state index is -3.67. The average molecular weight is 432 g/mol. The normalized spacial score (nSPS) is 16.0. The number of fused-ring (bicyclic) bond motifs is 1. The number of aromatic nitrogens is 3. The number of nitriles is 1. The van der Waals surface area contributed by atoms with Gasteiger partial charge in [0.25, 0.3) is 0 Å². The van der Waals surface area contributed by atoms with Gasteiger partial charge in [-0.25, -0.2) is 9.50 Å². The van der Waals surface area contributed by atoms with Crippen molar-refractivity contribution >= 4 is 11.3 Å². The van der Waals surface area contributed by atoms with Crippen LogP contribution in [0.5, 0.6) is 5.75 Å². The van der Waals surface area contributed by atoms with Gasteiger partial charge in [-0.05, 0) is 38.0 Å². The van der Waals surface area contributed by atoms with Gasteiger partial charge in [-0.3, -0.25) is 0 Å². The smallest absolute Gasteiger partial charge is 0.379 e. The van der Waals surface area contributed by atoms with E-state index < -0.39 is 6.68 Å². The number of anilines is 1. The molecule has 1 fully saturated rings. The van der Waals surface area contributed by atoms with Crippen molar-refractivity contribution in [3.8, 4) is 22.9 Å². The maximum Gasteiger partial charge on any atom is 0.379 e.